The number of likely N-dealkylation sites (N-methyl/N-ethyl adjacent to an activating group) is 1. The summed E-state index contributed by atoms with van der Waals surface area (Å²) in [5.41, 5.74) is 1.77. The van der Waals surface area contributed by atoms with Crippen LogP contribution >= 0.6 is 12.4 Å². The van der Waals surface area contributed by atoms with E-state index in [4.69, 9.17) is 9.47 Å². The molecule has 0 saturated heterocycles. The quantitative estimate of drug-likeness (QED) is 0.371. The molecule has 0 aromatic heterocycles. The van der Waals surface area contributed by atoms with Gasteiger partial charge in [-0.2, -0.15) is 0 Å². The summed E-state index contributed by atoms with van der Waals surface area (Å²) in [7, 11) is 0. The van der Waals surface area contributed by atoms with E-state index in [0.717, 1.165) is 38.1 Å². The zero-order valence-electron chi connectivity index (χ0n) is 18.2. The van der Waals surface area contributed by atoms with Gasteiger partial charge in [0.25, 0.3) is 0 Å². The summed E-state index contributed by atoms with van der Waals surface area (Å²) >= 11 is 0. The Balaban J connectivity index is 0.00000450. The van der Waals surface area contributed by atoms with Crippen molar-refractivity contribution in [1.82, 2.24) is 4.90 Å². The van der Waals surface area contributed by atoms with Crippen molar-refractivity contribution in [2.45, 2.75) is 46.1 Å². The van der Waals surface area contributed by atoms with Gasteiger partial charge in [0.2, 0.25) is 0 Å². The van der Waals surface area contributed by atoms with E-state index in [1.54, 1.807) is 12.1 Å². The lowest BCUT2D eigenvalue weighted by atomic mass is 10.1. The van der Waals surface area contributed by atoms with Crippen LogP contribution in [-0.4, -0.2) is 48.3 Å². The molecule has 0 heterocycles. The molecule has 0 spiro atoms. The predicted molar refractivity (Wildman–Crippen MR) is 123 cm³/mol. The van der Waals surface area contributed by atoms with Crippen LogP contribution in [0.2, 0.25) is 0 Å². The number of unbranched alkanes of at least 4 members (excludes halogenated alkanes) is 1. The van der Waals surface area contributed by atoms with Crippen molar-refractivity contribution in [2.24, 2.45) is 0 Å². The fraction of sp³-hybridized carbons (Fsp3) is 0.458. The van der Waals surface area contributed by atoms with Gasteiger partial charge in [-0.3, -0.25) is 0 Å². The van der Waals surface area contributed by atoms with Gasteiger partial charge in [0, 0.05) is 6.04 Å². The first-order chi connectivity index (χ1) is 14.0. The lowest BCUT2D eigenvalue weighted by molar-refractivity contribution is 0.0493. The third-order valence-electron chi connectivity index (χ3n) is 4.97. The molecule has 2 aromatic rings. The minimum atomic E-state index is -0.346. The van der Waals surface area contributed by atoms with E-state index in [0.29, 0.717) is 24.8 Å². The molecule has 0 radical (unpaired) electrons. The maximum absolute atomic E-state index is 12.0. The summed E-state index contributed by atoms with van der Waals surface area (Å²) in [6, 6.07) is 14.9. The molecule has 2 rings (SSSR count). The van der Waals surface area contributed by atoms with E-state index in [1.165, 1.54) is 17.7 Å². The first kappa shape index (κ1) is 25.8. The van der Waals surface area contributed by atoms with Gasteiger partial charge in [0.1, 0.15) is 11.5 Å². The molecule has 30 heavy (non-hydrogen) atoms. The third kappa shape index (κ3) is 8.64. The number of esters is 1. The molecule has 0 fully saturated rings. The molecular weight excluding hydrogens is 402 g/mol. The van der Waals surface area contributed by atoms with E-state index in [2.05, 4.69) is 30.9 Å². The van der Waals surface area contributed by atoms with Crippen LogP contribution in [0.4, 0.5) is 0 Å². The normalized spacial score (nSPS) is 11.6. The third-order valence-corrected chi connectivity index (χ3v) is 4.97. The predicted octanol–water partition coefficient (Wildman–Crippen LogP) is 5.10. The van der Waals surface area contributed by atoms with Crippen LogP contribution < -0.4 is 4.74 Å². The molecule has 0 aliphatic carbocycles. The van der Waals surface area contributed by atoms with E-state index in [9.17, 15) is 9.90 Å². The Morgan fingerprint density at radius 1 is 1.03 bits per heavy atom. The number of halogens is 1. The molecule has 0 amide bonds. The highest BCUT2D eigenvalue weighted by atomic mass is 35.5. The van der Waals surface area contributed by atoms with Crippen molar-refractivity contribution in [3.8, 4) is 11.5 Å². The summed E-state index contributed by atoms with van der Waals surface area (Å²) in [6.07, 6.45) is 2.80. The second-order valence-electron chi connectivity index (χ2n) is 7.15. The summed E-state index contributed by atoms with van der Waals surface area (Å²) in [5.74, 6) is 0.708. The number of benzene rings is 2. The average Bonchev–Trinajstić information content (AvgIpc) is 2.72. The zero-order chi connectivity index (χ0) is 21.1. The second-order valence-corrected chi connectivity index (χ2v) is 7.15. The van der Waals surface area contributed by atoms with Gasteiger partial charge in [0.05, 0.1) is 18.8 Å². The Labute approximate surface area is 186 Å². The van der Waals surface area contributed by atoms with Gasteiger partial charge in [-0.25, -0.2) is 4.79 Å². The molecule has 6 heteroatoms. The number of hydrogen-bond donors (Lipinski definition) is 1. The van der Waals surface area contributed by atoms with Crippen molar-refractivity contribution < 1.29 is 19.4 Å². The van der Waals surface area contributed by atoms with Crippen molar-refractivity contribution >= 4 is 18.4 Å². The second kappa shape index (κ2) is 13.9. The number of aromatic hydroxyl groups is 1. The molecule has 0 aliphatic rings. The number of nitrogens with zero attached hydrogens (tertiary/aromatic N) is 1. The Kier molecular flexibility index (Phi) is 11.9. The maximum Gasteiger partial charge on any atom is 0.338 e. The van der Waals surface area contributed by atoms with Crippen LogP contribution in [0, 0.1) is 0 Å². The number of ether oxygens (including phenoxy) is 2. The van der Waals surface area contributed by atoms with Crippen LogP contribution in [0.1, 0.15) is 49.5 Å². The molecule has 1 unspecified atom stereocenters. The van der Waals surface area contributed by atoms with Crippen molar-refractivity contribution in [3.63, 3.8) is 0 Å². The van der Waals surface area contributed by atoms with E-state index in [1.807, 2.05) is 19.1 Å². The van der Waals surface area contributed by atoms with Crippen LogP contribution in [0.3, 0.4) is 0 Å². The Morgan fingerprint density at radius 3 is 2.30 bits per heavy atom. The molecular formula is C24H34ClNO4. The van der Waals surface area contributed by atoms with E-state index in [-0.39, 0.29) is 24.1 Å². The van der Waals surface area contributed by atoms with Crippen LogP contribution in [-0.2, 0) is 11.2 Å². The lowest BCUT2D eigenvalue weighted by Crippen LogP contribution is -2.35. The molecule has 0 aliphatic heterocycles. The highest BCUT2D eigenvalue weighted by Gasteiger charge is 2.13. The van der Waals surface area contributed by atoms with Gasteiger partial charge in [-0.05, 0) is 88.2 Å². The Hall–Kier alpha value is -2.24. The van der Waals surface area contributed by atoms with E-state index < -0.39 is 0 Å². The number of rotatable bonds is 12. The first-order valence-corrected chi connectivity index (χ1v) is 10.5. The smallest absolute Gasteiger partial charge is 0.338 e. The van der Waals surface area contributed by atoms with Crippen LogP contribution in [0.25, 0.3) is 0 Å². The molecule has 0 bridgehead atoms. The Bertz CT molecular complexity index is 734. The Morgan fingerprint density at radius 2 is 1.70 bits per heavy atom. The topological polar surface area (TPSA) is 59.0 Å². The molecule has 5 nitrogen and oxygen atoms in total. The molecule has 2 aromatic carbocycles. The minimum Gasteiger partial charge on any atom is -0.508 e. The standard InChI is InChI=1S/C24H33NO4.ClH/c1-4-25(19(3)18-20-8-14-23(15-9-20)28-5-2)16-6-7-17-29-24(27)21-10-12-22(26)13-11-21;/h8-15,19,26H,4-7,16-18H2,1-3H3;1H. The summed E-state index contributed by atoms with van der Waals surface area (Å²) in [5, 5.41) is 9.27. The van der Waals surface area contributed by atoms with Gasteiger partial charge in [-0.15, -0.1) is 12.4 Å². The number of hydrogen-bond acceptors (Lipinski definition) is 5. The first-order valence-electron chi connectivity index (χ1n) is 10.5. The summed E-state index contributed by atoms with van der Waals surface area (Å²) < 4.78 is 10.8. The highest BCUT2D eigenvalue weighted by molar-refractivity contribution is 5.89. The number of carbonyl (C=O) groups excluding carboxylic acids is 1. The van der Waals surface area contributed by atoms with Gasteiger partial charge in [0.15, 0.2) is 0 Å². The van der Waals surface area contributed by atoms with Crippen LogP contribution in [0.15, 0.2) is 48.5 Å². The molecule has 0 saturated carbocycles. The number of phenols is 1. The SMILES string of the molecule is CCOc1ccc(CC(C)N(CC)CCCCOC(=O)c2ccc(O)cc2)cc1.Cl. The van der Waals surface area contributed by atoms with E-state index >= 15 is 0 Å². The fourth-order valence-corrected chi connectivity index (χ4v) is 3.31. The van der Waals surface area contributed by atoms with Gasteiger partial charge >= 0.3 is 5.97 Å². The molecule has 1 atom stereocenters. The minimum absolute atomic E-state index is 0. The van der Waals surface area contributed by atoms with Crippen molar-refractivity contribution in [2.75, 3.05) is 26.3 Å². The largest absolute Gasteiger partial charge is 0.508 e. The molecule has 1 N–H and O–H groups in total. The lowest BCUT2D eigenvalue weighted by Gasteiger charge is -2.28. The number of carbonyl (C=O) groups is 1. The highest BCUT2D eigenvalue weighted by Crippen LogP contribution is 2.16. The van der Waals surface area contributed by atoms with Crippen molar-refractivity contribution in [1.29, 1.82) is 0 Å². The monoisotopic (exact) mass is 435 g/mol. The summed E-state index contributed by atoms with van der Waals surface area (Å²) in [4.78, 5) is 14.4. The van der Waals surface area contributed by atoms with Gasteiger partial charge in [-0.1, -0.05) is 19.1 Å². The fourth-order valence-electron chi connectivity index (χ4n) is 3.31. The van der Waals surface area contributed by atoms with Crippen molar-refractivity contribution in [3.05, 3.63) is 59.7 Å². The zero-order valence-corrected chi connectivity index (χ0v) is 19.0. The van der Waals surface area contributed by atoms with Crippen LogP contribution in [0.5, 0.6) is 11.5 Å². The molecule has 166 valence electrons. The van der Waals surface area contributed by atoms with Gasteiger partial charge < -0.3 is 19.5 Å². The maximum atomic E-state index is 12.0. The average molecular weight is 436 g/mol. The number of phenolic OH excluding ortho intramolecular Hbond substituents is 1. The summed E-state index contributed by atoms with van der Waals surface area (Å²) in [6.45, 7) is 9.48.